The lowest BCUT2D eigenvalue weighted by atomic mass is 9.89. The molecule has 0 radical (unpaired) electrons. The highest BCUT2D eigenvalue weighted by molar-refractivity contribution is 7.80. The van der Waals surface area contributed by atoms with Gasteiger partial charge in [0.2, 0.25) is 0 Å². The highest BCUT2D eigenvalue weighted by Gasteiger charge is 2.14. The lowest BCUT2D eigenvalue weighted by Crippen LogP contribution is -2.33. The SMILES string of the molecule is NC(=S)c1ccc(OCC(=O)NCC2CCCCC2)cc1. The van der Waals surface area contributed by atoms with Crippen LogP contribution in [0.3, 0.4) is 0 Å². The molecule has 2 rings (SSSR count). The van der Waals surface area contributed by atoms with E-state index in [1.165, 1.54) is 32.1 Å². The van der Waals surface area contributed by atoms with E-state index in [9.17, 15) is 4.79 Å². The number of hydrogen-bond donors (Lipinski definition) is 2. The van der Waals surface area contributed by atoms with Crippen molar-refractivity contribution in [3.8, 4) is 5.75 Å². The Bertz CT molecular complexity index is 482. The van der Waals surface area contributed by atoms with Crippen LogP contribution >= 0.6 is 12.2 Å². The van der Waals surface area contributed by atoms with Gasteiger partial charge in [0.15, 0.2) is 6.61 Å². The molecule has 0 saturated heterocycles. The summed E-state index contributed by atoms with van der Waals surface area (Å²) in [5.74, 6) is 1.20. The van der Waals surface area contributed by atoms with E-state index in [0.717, 1.165) is 12.1 Å². The van der Waals surface area contributed by atoms with E-state index in [2.05, 4.69) is 5.32 Å². The van der Waals surface area contributed by atoms with Crippen LogP contribution in [-0.2, 0) is 4.79 Å². The van der Waals surface area contributed by atoms with Gasteiger partial charge in [0, 0.05) is 12.1 Å². The fourth-order valence-electron chi connectivity index (χ4n) is 2.56. The predicted octanol–water partition coefficient (Wildman–Crippen LogP) is 2.40. The second-order valence-electron chi connectivity index (χ2n) is 5.49. The van der Waals surface area contributed by atoms with Crippen molar-refractivity contribution in [3.05, 3.63) is 29.8 Å². The van der Waals surface area contributed by atoms with Crippen molar-refractivity contribution >= 4 is 23.1 Å². The Hall–Kier alpha value is -1.62. The maximum Gasteiger partial charge on any atom is 0.257 e. The molecular weight excluding hydrogens is 284 g/mol. The number of carbonyl (C=O) groups excluding carboxylic acids is 1. The molecule has 0 bridgehead atoms. The Labute approximate surface area is 131 Å². The van der Waals surface area contributed by atoms with Crippen LogP contribution in [0.25, 0.3) is 0 Å². The number of hydrogen-bond acceptors (Lipinski definition) is 3. The van der Waals surface area contributed by atoms with E-state index < -0.39 is 0 Å². The van der Waals surface area contributed by atoms with Crippen molar-refractivity contribution in [2.24, 2.45) is 11.7 Å². The standard InChI is InChI=1S/C16H22N2O2S/c17-16(21)13-6-8-14(9-7-13)20-11-15(19)18-10-12-4-2-1-3-5-12/h6-9,12H,1-5,10-11H2,(H2,17,21)(H,18,19). The molecule has 0 atom stereocenters. The quantitative estimate of drug-likeness (QED) is 0.792. The summed E-state index contributed by atoms with van der Waals surface area (Å²) in [6.07, 6.45) is 6.35. The number of amides is 1. The first-order valence-electron chi connectivity index (χ1n) is 7.44. The van der Waals surface area contributed by atoms with Crippen LogP contribution in [0.15, 0.2) is 24.3 Å². The van der Waals surface area contributed by atoms with Crippen molar-refractivity contribution < 1.29 is 9.53 Å². The zero-order valence-corrected chi connectivity index (χ0v) is 13.0. The average Bonchev–Trinajstić information content (AvgIpc) is 2.52. The Morgan fingerprint density at radius 3 is 2.52 bits per heavy atom. The van der Waals surface area contributed by atoms with E-state index in [-0.39, 0.29) is 12.5 Å². The fourth-order valence-corrected chi connectivity index (χ4v) is 2.70. The van der Waals surface area contributed by atoms with Gasteiger partial charge in [-0.15, -0.1) is 0 Å². The maximum atomic E-state index is 11.8. The van der Waals surface area contributed by atoms with Gasteiger partial charge in [-0.25, -0.2) is 0 Å². The molecule has 1 fully saturated rings. The molecule has 0 spiro atoms. The molecule has 0 aromatic heterocycles. The van der Waals surface area contributed by atoms with Crippen LogP contribution in [-0.4, -0.2) is 24.0 Å². The fraction of sp³-hybridized carbons (Fsp3) is 0.500. The Balaban J connectivity index is 1.69. The first-order valence-corrected chi connectivity index (χ1v) is 7.85. The van der Waals surface area contributed by atoms with E-state index in [0.29, 0.717) is 16.7 Å². The Kier molecular flexibility index (Phi) is 5.99. The average molecular weight is 306 g/mol. The van der Waals surface area contributed by atoms with Gasteiger partial charge in [-0.3, -0.25) is 4.79 Å². The van der Waals surface area contributed by atoms with Crippen LogP contribution in [0.5, 0.6) is 5.75 Å². The molecule has 0 unspecified atom stereocenters. The molecule has 1 amide bonds. The summed E-state index contributed by atoms with van der Waals surface area (Å²) < 4.78 is 5.45. The Morgan fingerprint density at radius 1 is 1.24 bits per heavy atom. The third kappa shape index (κ3) is 5.34. The van der Waals surface area contributed by atoms with E-state index >= 15 is 0 Å². The van der Waals surface area contributed by atoms with Gasteiger partial charge in [0.25, 0.3) is 5.91 Å². The molecule has 1 aromatic carbocycles. The van der Waals surface area contributed by atoms with Crippen LogP contribution in [0.2, 0.25) is 0 Å². The van der Waals surface area contributed by atoms with Crippen molar-refractivity contribution in [2.75, 3.05) is 13.2 Å². The third-order valence-corrected chi connectivity index (χ3v) is 4.06. The third-order valence-electron chi connectivity index (χ3n) is 3.82. The highest BCUT2D eigenvalue weighted by Crippen LogP contribution is 2.22. The number of nitrogens with two attached hydrogens (primary N) is 1. The molecule has 0 heterocycles. The largest absolute Gasteiger partial charge is 0.484 e. The molecule has 0 aliphatic heterocycles. The zero-order chi connectivity index (χ0) is 15.1. The van der Waals surface area contributed by atoms with Gasteiger partial charge in [0.1, 0.15) is 10.7 Å². The summed E-state index contributed by atoms with van der Waals surface area (Å²) >= 11 is 4.88. The lowest BCUT2D eigenvalue weighted by molar-refractivity contribution is -0.123. The first kappa shape index (κ1) is 15.8. The van der Waals surface area contributed by atoms with Crippen molar-refractivity contribution in [2.45, 2.75) is 32.1 Å². The van der Waals surface area contributed by atoms with E-state index in [1.807, 2.05) is 0 Å². The molecule has 21 heavy (non-hydrogen) atoms. The van der Waals surface area contributed by atoms with Crippen molar-refractivity contribution in [1.29, 1.82) is 0 Å². The molecular formula is C16H22N2O2S. The summed E-state index contributed by atoms with van der Waals surface area (Å²) in [4.78, 5) is 12.1. The van der Waals surface area contributed by atoms with Crippen molar-refractivity contribution in [3.63, 3.8) is 0 Å². The van der Waals surface area contributed by atoms with Crippen LogP contribution in [0.4, 0.5) is 0 Å². The number of carbonyl (C=O) groups is 1. The summed E-state index contributed by atoms with van der Waals surface area (Å²) in [5.41, 5.74) is 6.31. The van der Waals surface area contributed by atoms with Gasteiger partial charge in [-0.1, -0.05) is 31.5 Å². The minimum atomic E-state index is -0.0704. The summed E-state index contributed by atoms with van der Waals surface area (Å²) in [6.45, 7) is 0.807. The second kappa shape index (κ2) is 7.98. The van der Waals surface area contributed by atoms with Gasteiger partial charge >= 0.3 is 0 Å². The van der Waals surface area contributed by atoms with Gasteiger partial charge < -0.3 is 15.8 Å². The van der Waals surface area contributed by atoms with Gasteiger partial charge in [0.05, 0.1) is 0 Å². The number of rotatable bonds is 6. The molecule has 114 valence electrons. The molecule has 5 heteroatoms. The molecule has 1 saturated carbocycles. The summed E-state index contributed by atoms with van der Waals surface area (Å²) in [5, 5.41) is 2.95. The minimum absolute atomic E-state index is 0.0408. The van der Waals surface area contributed by atoms with E-state index in [1.54, 1.807) is 24.3 Å². The normalized spacial score (nSPS) is 15.4. The van der Waals surface area contributed by atoms with Crippen LogP contribution < -0.4 is 15.8 Å². The Morgan fingerprint density at radius 2 is 1.90 bits per heavy atom. The lowest BCUT2D eigenvalue weighted by Gasteiger charge is -2.21. The number of benzene rings is 1. The van der Waals surface area contributed by atoms with E-state index in [4.69, 9.17) is 22.7 Å². The van der Waals surface area contributed by atoms with Crippen molar-refractivity contribution in [1.82, 2.24) is 5.32 Å². The highest BCUT2D eigenvalue weighted by atomic mass is 32.1. The molecule has 1 aliphatic carbocycles. The number of ether oxygens (including phenoxy) is 1. The summed E-state index contributed by atoms with van der Waals surface area (Å²) in [6, 6.07) is 7.11. The second-order valence-corrected chi connectivity index (χ2v) is 5.93. The maximum absolute atomic E-state index is 11.8. The molecule has 1 aliphatic rings. The topological polar surface area (TPSA) is 64.3 Å². The molecule has 1 aromatic rings. The number of nitrogens with one attached hydrogen (secondary N) is 1. The molecule has 3 N–H and O–H groups in total. The summed E-state index contributed by atoms with van der Waals surface area (Å²) in [7, 11) is 0. The van der Waals surface area contributed by atoms with Gasteiger partial charge in [-0.05, 0) is 43.0 Å². The first-order chi connectivity index (χ1) is 10.1. The van der Waals surface area contributed by atoms with Gasteiger partial charge in [-0.2, -0.15) is 0 Å². The van der Waals surface area contributed by atoms with Crippen LogP contribution in [0.1, 0.15) is 37.7 Å². The minimum Gasteiger partial charge on any atom is -0.484 e. The predicted molar refractivity (Wildman–Crippen MR) is 87.4 cm³/mol. The smallest absolute Gasteiger partial charge is 0.257 e. The number of thiocarbonyl (C=S) groups is 1. The zero-order valence-electron chi connectivity index (χ0n) is 12.1. The van der Waals surface area contributed by atoms with Crippen LogP contribution in [0, 0.1) is 5.92 Å². The molecule has 4 nitrogen and oxygen atoms in total. The monoisotopic (exact) mass is 306 g/mol.